The van der Waals surface area contributed by atoms with Crippen LogP contribution in [0, 0.1) is 12.8 Å². The lowest BCUT2D eigenvalue weighted by molar-refractivity contribution is -0.122. The number of nitrogens with two attached hydrogens (primary N) is 1. The molecule has 0 saturated heterocycles. The molecule has 2 unspecified atom stereocenters. The summed E-state index contributed by atoms with van der Waals surface area (Å²) in [5, 5.41) is 2.99. The number of benzene rings is 1. The normalized spacial score (nSPS) is 23.1. The van der Waals surface area contributed by atoms with Gasteiger partial charge in [0.15, 0.2) is 0 Å². The van der Waals surface area contributed by atoms with E-state index in [4.69, 9.17) is 5.73 Å². The van der Waals surface area contributed by atoms with Crippen molar-refractivity contribution >= 4 is 5.91 Å². The molecule has 1 aromatic rings. The average molecular weight is 260 g/mol. The van der Waals surface area contributed by atoms with Gasteiger partial charge in [-0.3, -0.25) is 4.79 Å². The van der Waals surface area contributed by atoms with E-state index in [0.29, 0.717) is 18.9 Å². The molecule has 2 atom stereocenters. The molecule has 0 heterocycles. The second kappa shape index (κ2) is 6.71. The summed E-state index contributed by atoms with van der Waals surface area (Å²) in [6, 6.07) is 8.46. The summed E-state index contributed by atoms with van der Waals surface area (Å²) in [4.78, 5) is 11.9. The third-order valence-corrected chi connectivity index (χ3v) is 4.03. The van der Waals surface area contributed by atoms with Gasteiger partial charge in [0.1, 0.15) is 0 Å². The van der Waals surface area contributed by atoms with Gasteiger partial charge in [-0.15, -0.1) is 0 Å². The summed E-state index contributed by atoms with van der Waals surface area (Å²) in [6.45, 7) is 2.67. The van der Waals surface area contributed by atoms with Crippen LogP contribution >= 0.6 is 0 Å². The van der Waals surface area contributed by atoms with E-state index in [1.807, 2.05) is 0 Å². The van der Waals surface area contributed by atoms with Crippen LogP contribution in [-0.2, 0) is 11.3 Å². The van der Waals surface area contributed by atoms with Crippen molar-refractivity contribution in [2.75, 3.05) is 0 Å². The van der Waals surface area contributed by atoms with Crippen molar-refractivity contribution in [3.63, 3.8) is 0 Å². The minimum atomic E-state index is 0.128. The van der Waals surface area contributed by atoms with E-state index >= 15 is 0 Å². The minimum Gasteiger partial charge on any atom is -0.352 e. The number of hydrogen-bond acceptors (Lipinski definition) is 2. The first-order valence-electron chi connectivity index (χ1n) is 7.23. The van der Waals surface area contributed by atoms with E-state index in [1.165, 1.54) is 18.4 Å². The molecule has 0 radical (unpaired) electrons. The molecule has 2 rings (SSSR count). The van der Waals surface area contributed by atoms with Crippen molar-refractivity contribution in [3.8, 4) is 0 Å². The number of hydrogen-bond donors (Lipinski definition) is 2. The summed E-state index contributed by atoms with van der Waals surface area (Å²) < 4.78 is 0. The summed E-state index contributed by atoms with van der Waals surface area (Å²) in [5.41, 5.74) is 8.46. The number of carbonyl (C=O) groups is 1. The Labute approximate surface area is 115 Å². The number of rotatable bonds is 4. The van der Waals surface area contributed by atoms with E-state index in [-0.39, 0.29) is 11.9 Å². The lowest BCUT2D eigenvalue weighted by Gasteiger charge is -2.27. The highest BCUT2D eigenvalue weighted by atomic mass is 16.1. The van der Waals surface area contributed by atoms with Gasteiger partial charge in [-0.1, -0.05) is 42.7 Å². The smallest absolute Gasteiger partial charge is 0.220 e. The monoisotopic (exact) mass is 260 g/mol. The maximum atomic E-state index is 11.9. The third kappa shape index (κ3) is 4.35. The topological polar surface area (TPSA) is 55.1 Å². The van der Waals surface area contributed by atoms with Crippen LogP contribution in [0.5, 0.6) is 0 Å². The Morgan fingerprint density at radius 3 is 2.63 bits per heavy atom. The molecule has 3 N–H and O–H groups in total. The Hall–Kier alpha value is -1.35. The van der Waals surface area contributed by atoms with Gasteiger partial charge in [-0.2, -0.15) is 0 Å². The number of aryl methyl sites for hydroxylation is 1. The highest BCUT2D eigenvalue weighted by Crippen LogP contribution is 2.25. The van der Waals surface area contributed by atoms with Crippen molar-refractivity contribution in [1.82, 2.24) is 5.32 Å². The molecule has 0 bridgehead atoms. The first-order chi connectivity index (χ1) is 9.15. The summed E-state index contributed by atoms with van der Waals surface area (Å²) in [5.74, 6) is 0.495. The van der Waals surface area contributed by atoms with Gasteiger partial charge in [0.2, 0.25) is 5.91 Å². The fraction of sp³-hybridized carbons (Fsp3) is 0.562. The quantitative estimate of drug-likeness (QED) is 0.874. The number of amides is 1. The van der Waals surface area contributed by atoms with E-state index in [2.05, 4.69) is 36.5 Å². The zero-order valence-corrected chi connectivity index (χ0v) is 11.7. The molecule has 1 amide bonds. The second-order valence-corrected chi connectivity index (χ2v) is 5.67. The lowest BCUT2D eigenvalue weighted by atomic mass is 9.83. The summed E-state index contributed by atoms with van der Waals surface area (Å²) in [6.07, 6.45) is 5.16. The Balaban J connectivity index is 1.76. The van der Waals surface area contributed by atoms with E-state index in [1.54, 1.807) is 0 Å². The van der Waals surface area contributed by atoms with Crippen LogP contribution < -0.4 is 11.1 Å². The Kier molecular flexibility index (Phi) is 4.97. The molecule has 1 aliphatic carbocycles. The van der Waals surface area contributed by atoms with Crippen molar-refractivity contribution in [3.05, 3.63) is 35.4 Å². The molecule has 3 nitrogen and oxygen atoms in total. The molecule has 0 aliphatic heterocycles. The van der Waals surface area contributed by atoms with Gasteiger partial charge in [0, 0.05) is 19.0 Å². The van der Waals surface area contributed by atoms with Crippen molar-refractivity contribution in [2.45, 2.75) is 51.6 Å². The SMILES string of the molecule is Cc1ccc(CNC(=O)CC2CCCCC2N)cc1. The van der Waals surface area contributed by atoms with Crippen LogP contribution in [0.15, 0.2) is 24.3 Å². The largest absolute Gasteiger partial charge is 0.352 e. The van der Waals surface area contributed by atoms with Crippen LogP contribution in [0.3, 0.4) is 0 Å². The predicted molar refractivity (Wildman–Crippen MR) is 77.6 cm³/mol. The molecular formula is C16H24N2O. The van der Waals surface area contributed by atoms with Crippen molar-refractivity contribution < 1.29 is 4.79 Å². The third-order valence-electron chi connectivity index (χ3n) is 4.03. The number of carbonyl (C=O) groups excluding carboxylic acids is 1. The van der Waals surface area contributed by atoms with Crippen molar-refractivity contribution in [1.29, 1.82) is 0 Å². The number of nitrogens with one attached hydrogen (secondary N) is 1. The van der Waals surface area contributed by atoms with Crippen LogP contribution in [0.4, 0.5) is 0 Å². The van der Waals surface area contributed by atoms with Gasteiger partial charge < -0.3 is 11.1 Å². The standard InChI is InChI=1S/C16H24N2O/c1-12-6-8-13(9-7-12)11-18-16(19)10-14-4-2-3-5-15(14)17/h6-9,14-15H,2-5,10-11,17H2,1H3,(H,18,19). The molecular weight excluding hydrogens is 236 g/mol. The van der Waals surface area contributed by atoms with E-state index in [9.17, 15) is 4.79 Å². The Bertz CT molecular complexity index is 413. The van der Waals surface area contributed by atoms with Gasteiger partial charge >= 0.3 is 0 Å². The maximum absolute atomic E-state index is 11.9. The van der Waals surface area contributed by atoms with Crippen LogP contribution in [0.25, 0.3) is 0 Å². The predicted octanol–water partition coefficient (Wildman–Crippen LogP) is 2.52. The Morgan fingerprint density at radius 1 is 1.26 bits per heavy atom. The lowest BCUT2D eigenvalue weighted by Crippen LogP contribution is -2.36. The zero-order valence-electron chi connectivity index (χ0n) is 11.7. The molecule has 1 aliphatic rings. The maximum Gasteiger partial charge on any atom is 0.220 e. The van der Waals surface area contributed by atoms with Crippen LogP contribution in [0.1, 0.15) is 43.2 Å². The highest BCUT2D eigenvalue weighted by molar-refractivity contribution is 5.76. The molecule has 104 valence electrons. The average Bonchev–Trinajstić information content (AvgIpc) is 2.41. The molecule has 1 fully saturated rings. The zero-order chi connectivity index (χ0) is 13.7. The fourth-order valence-corrected chi connectivity index (χ4v) is 2.71. The summed E-state index contributed by atoms with van der Waals surface area (Å²) in [7, 11) is 0. The van der Waals surface area contributed by atoms with Crippen molar-refractivity contribution in [2.24, 2.45) is 11.7 Å². The molecule has 1 saturated carbocycles. The minimum absolute atomic E-state index is 0.128. The molecule has 1 aromatic carbocycles. The van der Waals surface area contributed by atoms with E-state index < -0.39 is 0 Å². The van der Waals surface area contributed by atoms with Gasteiger partial charge in [-0.05, 0) is 31.2 Å². The molecule has 0 aromatic heterocycles. The Morgan fingerprint density at radius 2 is 1.95 bits per heavy atom. The fourth-order valence-electron chi connectivity index (χ4n) is 2.71. The van der Waals surface area contributed by atoms with Gasteiger partial charge in [-0.25, -0.2) is 0 Å². The van der Waals surface area contributed by atoms with Crippen LogP contribution in [0.2, 0.25) is 0 Å². The first kappa shape index (κ1) is 14.1. The van der Waals surface area contributed by atoms with Gasteiger partial charge in [0.25, 0.3) is 0 Å². The van der Waals surface area contributed by atoms with Crippen LogP contribution in [-0.4, -0.2) is 11.9 Å². The molecule has 0 spiro atoms. The van der Waals surface area contributed by atoms with Gasteiger partial charge in [0.05, 0.1) is 0 Å². The first-order valence-corrected chi connectivity index (χ1v) is 7.23. The highest BCUT2D eigenvalue weighted by Gasteiger charge is 2.23. The summed E-state index contributed by atoms with van der Waals surface area (Å²) >= 11 is 0. The molecule has 19 heavy (non-hydrogen) atoms. The molecule has 3 heteroatoms. The van der Waals surface area contributed by atoms with E-state index in [0.717, 1.165) is 18.4 Å². The second-order valence-electron chi connectivity index (χ2n) is 5.67.